The molecule has 1 atom stereocenters. The molecular weight excluding hydrogens is 274 g/mol. The van der Waals surface area contributed by atoms with E-state index in [4.69, 9.17) is 16.9 Å². The van der Waals surface area contributed by atoms with Gasteiger partial charge in [-0.2, -0.15) is 5.26 Å². The fourth-order valence-corrected chi connectivity index (χ4v) is 2.08. The van der Waals surface area contributed by atoms with Gasteiger partial charge in [-0.15, -0.1) is 0 Å². The van der Waals surface area contributed by atoms with Crippen molar-refractivity contribution in [3.8, 4) is 6.07 Å². The number of nitriles is 1. The molecule has 1 heterocycles. The molecule has 1 unspecified atom stereocenters. The van der Waals surface area contributed by atoms with Crippen LogP contribution in [0.2, 0.25) is 5.15 Å². The SMILES string of the molecule is CCCCCCCC(C#N)NC(=O)c1ccnc(Cl)c1. The highest BCUT2D eigenvalue weighted by Gasteiger charge is 2.13. The second kappa shape index (κ2) is 9.33. The first kappa shape index (κ1) is 16.5. The van der Waals surface area contributed by atoms with Gasteiger partial charge in [0.2, 0.25) is 0 Å². The van der Waals surface area contributed by atoms with E-state index in [0.717, 1.165) is 12.8 Å². The summed E-state index contributed by atoms with van der Waals surface area (Å²) in [6.07, 6.45) is 7.82. The third kappa shape index (κ3) is 6.03. The van der Waals surface area contributed by atoms with E-state index in [1.165, 1.54) is 31.5 Å². The number of hydrogen-bond acceptors (Lipinski definition) is 3. The molecule has 0 aromatic carbocycles. The highest BCUT2D eigenvalue weighted by atomic mass is 35.5. The van der Waals surface area contributed by atoms with Crippen molar-refractivity contribution in [1.29, 1.82) is 5.26 Å². The zero-order chi connectivity index (χ0) is 14.8. The van der Waals surface area contributed by atoms with Crippen LogP contribution in [0.25, 0.3) is 0 Å². The van der Waals surface area contributed by atoms with Crippen LogP contribution < -0.4 is 5.32 Å². The summed E-state index contributed by atoms with van der Waals surface area (Å²) in [6, 6.07) is 4.75. The van der Waals surface area contributed by atoms with Gasteiger partial charge in [0.25, 0.3) is 5.91 Å². The van der Waals surface area contributed by atoms with E-state index in [9.17, 15) is 4.79 Å². The topological polar surface area (TPSA) is 65.8 Å². The van der Waals surface area contributed by atoms with Crippen LogP contribution in [0.15, 0.2) is 18.3 Å². The van der Waals surface area contributed by atoms with Crippen molar-refractivity contribution < 1.29 is 4.79 Å². The fourth-order valence-electron chi connectivity index (χ4n) is 1.91. The molecule has 1 aromatic rings. The summed E-state index contributed by atoms with van der Waals surface area (Å²) < 4.78 is 0. The Hall–Kier alpha value is -1.60. The lowest BCUT2D eigenvalue weighted by Gasteiger charge is -2.11. The van der Waals surface area contributed by atoms with Gasteiger partial charge in [0.15, 0.2) is 0 Å². The number of rotatable bonds is 8. The van der Waals surface area contributed by atoms with Crippen LogP contribution in [-0.2, 0) is 0 Å². The number of carbonyl (C=O) groups excluding carboxylic acids is 1. The highest BCUT2D eigenvalue weighted by Crippen LogP contribution is 2.09. The normalized spacial score (nSPS) is 11.7. The fraction of sp³-hybridized carbons (Fsp3) is 0.533. The quantitative estimate of drug-likeness (QED) is 0.587. The lowest BCUT2D eigenvalue weighted by atomic mass is 10.1. The Balaban J connectivity index is 2.40. The molecule has 0 bridgehead atoms. The molecule has 4 nitrogen and oxygen atoms in total. The molecule has 20 heavy (non-hydrogen) atoms. The molecule has 1 N–H and O–H groups in total. The molecule has 0 aliphatic heterocycles. The summed E-state index contributed by atoms with van der Waals surface area (Å²) in [7, 11) is 0. The second-order valence-electron chi connectivity index (χ2n) is 4.73. The van der Waals surface area contributed by atoms with Gasteiger partial charge in [-0.3, -0.25) is 4.79 Å². The summed E-state index contributed by atoms with van der Waals surface area (Å²) in [4.78, 5) is 15.8. The molecule has 0 spiro atoms. The smallest absolute Gasteiger partial charge is 0.252 e. The van der Waals surface area contributed by atoms with Crippen molar-refractivity contribution in [2.75, 3.05) is 0 Å². The van der Waals surface area contributed by atoms with Crippen LogP contribution >= 0.6 is 11.6 Å². The molecule has 0 radical (unpaired) electrons. The second-order valence-corrected chi connectivity index (χ2v) is 5.11. The molecule has 0 saturated heterocycles. The van der Waals surface area contributed by atoms with Gasteiger partial charge in [-0.1, -0.05) is 50.6 Å². The Kier molecular flexibility index (Phi) is 7.67. The summed E-state index contributed by atoms with van der Waals surface area (Å²) in [5, 5.41) is 12.1. The van der Waals surface area contributed by atoms with Crippen molar-refractivity contribution in [1.82, 2.24) is 10.3 Å². The average molecular weight is 294 g/mol. The maximum Gasteiger partial charge on any atom is 0.252 e. The minimum absolute atomic E-state index is 0.269. The molecule has 108 valence electrons. The lowest BCUT2D eigenvalue weighted by Crippen LogP contribution is -2.33. The molecule has 5 heteroatoms. The molecule has 0 fully saturated rings. The van der Waals surface area contributed by atoms with Gasteiger partial charge in [-0.25, -0.2) is 4.98 Å². The van der Waals surface area contributed by atoms with E-state index >= 15 is 0 Å². The Labute approximate surface area is 125 Å². The number of aromatic nitrogens is 1. The zero-order valence-corrected chi connectivity index (χ0v) is 12.5. The van der Waals surface area contributed by atoms with E-state index in [1.807, 2.05) is 0 Å². The summed E-state index contributed by atoms with van der Waals surface area (Å²) >= 11 is 5.74. The number of nitrogens with one attached hydrogen (secondary N) is 1. The molecular formula is C15H20ClN3O. The molecule has 1 rings (SSSR count). The number of nitrogens with zero attached hydrogens (tertiary/aromatic N) is 2. The number of unbranched alkanes of at least 4 members (excludes halogenated alkanes) is 4. The number of amides is 1. The van der Waals surface area contributed by atoms with E-state index in [2.05, 4.69) is 23.3 Å². The van der Waals surface area contributed by atoms with E-state index in [1.54, 1.807) is 6.07 Å². The van der Waals surface area contributed by atoms with Gasteiger partial charge in [-0.05, 0) is 18.6 Å². The van der Waals surface area contributed by atoms with E-state index in [0.29, 0.717) is 12.0 Å². The van der Waals surface area contributed by atoms with Crippen LogP contribution in [0.5, 0.6) is 0 Å². The Bertz CT molecular complexity index is 470. The van der Waals surface area contributed by atoms with Crippen LogP contribution in [0.3, 0.4) is 0 Å². The van der Waals surface area contributed by atoms with Gasteiger partial charge in [0.1, 0.15) is 11.2 Å². The van der Waals surface area contributed by atoms with Crippen LogP contribution in [0.4, 0.5) is 0 Å². The predicted molar refractivity (Wildman–Crippen MR) is 79.5 cm³/mol. The van der Waals surface area contributed by atoms with Gasteiger partial charge in [0.05, 0.1) is 6.07 Å². The summed E-state index contributed by atoms with van der Waals surface area (Å²) in [5.74, 6) is -0.283. The Morgan fingerprint density at radius 3 is 2.85 bits per heavy atom. The third-order valence-corrected chi connectivity index (χ3v) is 3.25. The largest absolute Gasteiger partial charge is 0.336 e. The maximum atomic E-state index is 12.0. The zero-order valence-electron chi connectivity index (χ0n) is 11.7. The van der Waals surface area contributed by atoms with Crippen LogP contribution in [-0.4, -0.2) is 16.9 Å². The number of hydrogen-bond donors (Lipinski definition) is 1. The van der Waals surface area contributed by atoms with Gasteiger partial charge < -0.3 is 5.32 Å². The number of pyridine rings is 1. The van der Waals surface area contributed by atoms with Crippen LogP contribution in [0.1, 0.15) is 55.8 Å². The first-order valence-electron chi connectivity index (χ1n) is 6.99. The van der Waals surface area contributed by atoms with E-state index in [-0.39, 0.29) is 11.1 Å². The minimum Gasteiger partial charge on any atom is -0.336 e. The Morgan fingerprint density at radius 2 is 2.20 bits per heavy atom. The highest BCUT2D eigenvalue weighted by molar-refractivity contribution is 6.29. The molecule has 0 saturated carbocycles. The lowest BCUT2D eigenvalue weighted by molar-refractivity contribution is 0.0943. The van der Waals surface area contributed by atoms with Crippen molar-refractivity contribution in [2.24, 2.45) is 0 Å². The van der Waals surface area contributed by atoms with Gasteiger partial charge in [0, 0.05) is 11.8 Å². The van der Waals surface area contributed by atoms with Crippen molar-refractivity contribution >= 4 is 17.5 Å². The average Bonchev–Trinajstić information content (AvgIpc) is 2.45. The standard InChI is InChI=1S/C15H20ClN3O/c1-2-3-4-5-6-7-13(11-17)19-15(20)12-8-9-18-14(16)10-12/h8-10,13H,2-7H2,1H3,(H,19,20). The Morgan fingerprint density at radius 1 is 1.45 bits per heavy atom. The maximum absolute atomic E-state index is 12.0. The first-order chi connectivity index (χ1) is 9.67. The van der Waals surface area contributed by atoms with Gasteiger partial charge >= 0.3 is 0 Å². The number of halogens is 1. The van der Waals surface area contributed by atoms with Crippen molar-refractivity contribution in [3.05, 3.63) is 29.0 Å². The minimum atomic E-state index is -0.448. The summed E-state index contributed by atoms with van der Waals surface area (Å²) in [5.41, 5.74) is 0.427. The molecule has 0 aliphatic carbocycles. The number of carbonyl (C=O) groups is 1. The molecule has 1 amide bonds. The third-order valence-electron chi connectivity index (χ3n) is 3.05. The summed E-state index contributed by atoms with van der Waals surface area (Å²) in [6.45, 7) is 2.16. The van der Waals surface area contributed by atoms with Crippen LogP contribution in [0, 0.1) is 11.3 Å². The van der Waals surface area contributed by atoms with Crippen molar-refractivity contribution in [3.63, 3.8) is 0 Å². The monoisotopic (exact) mass is 293 g/mol. The van der Waals surface area contributed by atoms with E-state index < -0.39 is 6.04 Å². The molecule has 0 aliphatic rings. The predicted octanol–water partition coefficient (Wildman–Crippen LogP) is 3.72. The van der Waals surface area contributed by atoms with Crippen molar-refractivity contribution in [2.45, 2.75) is 51.5 Å². The molecule has 1 aromatic heterocycles. The first-order valence-corrected chi connectivity index (χ1v) is 7.37.